The predicted octanol–water partition coefficient (Wildman–Crippen LogP) is 2.78. The highest BCUT2D eigenvalue weighted by atomic mass is 19.2. The van der Waals surface area contributed by atoms with Gasteiger partial charge in [0.15, 0.2) is 17.4 Å². The van der Waals surface area contributed by atoms with Crippen molar-refractivity contribution in [3.8, 4) is 0 Å². The van der Waals surface area contributed by atoms with Gasteiger partial charge in [0.1, 0.15) is 0 Å². The molecule has 0 amide bonds. The van der Waals surface area contributed by atoms with Crippen LogP contribution in [0.1, 0.15) is 15.9 Å². The minimum atomic E-state index is -1.14. The molecule has 0 aliphatic carbocycles. The van der Waals surface area contributed by atoms with E-state index in [4.69, 9.17) is 5.73 Å². The van der Waals surface area contributed by atoms with E-state index in [1.807, 2.05) is 0 Å². The fourth-order valence-electron chi connectivity index (χ4n) is 1.51. The fraction of sp³-hybridized carbons (Fsp3) is 0. The summed E-state index contributed by atoms with van der Waals surface area (Å²) in [6, 6.07) is 9.61. The third-order valence-corrected chi connectivity index (χ3v) is 2.35. The van der Waals surface area contributed by atoms with Gasteiger partial charge >= 0.3 is 0 Å². The van der Waals surface area contributed by atoms with Crippen molar-refractivity contribution >= 4 is 11.5 Å². The minimum absolute atomic E-state index is 0.231. The lowest BCUT2D eigenvalue weighted by molar-refractivity contribution is 0.103. The van der Waals surface area contributed by atoms with Crippen LogP contribution in [0.2, 0.25) is 0 Å². The molecule has 17 heavy (non-hydrogen) atoms. The van der Waals surface area contributed by atoms with Gasteiger partial charge < -0.3 is 5.73 Å². The molecular weight excluding hydrogens is 224 g/mol. The lowest BCUT2D eigenvalue weighted by atomic mass is 10.0. The maximum atomic E-state index is 13.4. The maximum absolute atomic E-state index is 13.4. The molecule has 0 aliphatic heterocycles. The van der Waals surface area contributed by atoms with Gasteiger partial charge in [-0.15, -0.1) is 0 Å². The van der Waals surface area contributed by atoms with Crippen molar-refractivity contribution < 1.29 is 13.6 Å². The van der Waals surface area contributed by atoms with Gasteiger partial charge in [-0.1, -0.05) is 18.2 Å². The monoisotopic (exact) mass is 233 g/mol. The summed E-state index contributed by atoms with van der Waals surface area (Å²) in [6.45, 7) is 0. The molecule has 2 aromatic rings. The molecule has 0 fully saturated rings. The Morgan fingerprint density at radius 2 is 1.76 bits per heavy atom. The van der Waals surface area contributed by atoms with Crippen LogP contribution in [0.5, 0.6) is 0 Å². The van der Waals surface area contributed by atoms with E-state index in [9.17, 15) is 13.6 Å². The molecule has 0 saturated heterocycles. The number of hydrogen-bond acceptors (Lipinski definition) is 2. The first kappa shape index (κ1) is 11.3. The lowest BCUT2D eigenvalue weighted by Gasteiger charge is -2.04. The van der Waals surface area contributed by atoms with Crippen molar-refractivity contribution in [3.05, 3.63) is 65.2 Å². The van der Waals surface area contributed by atoms with Gasteiger partial charge in [0.25, 0.3) is 0 Å². The highest BCUT2D eigenvalue weighted by Gasteiger charge is 2.16. The molecule has 0 radical (unpaired) electrons. The van der Waals surface area contributed by atoms with Gasteiger partial charge in [-0.05, 0) is 24.3 Å². The quantitative estimate of drug-likeness (QED) is 0.640. The first-order chi connectivity index (χ1) is 8.09. The van der Waals surface area contributed by atoms with Crippen LogP contribution in [0.15, 0.2) is 42.5 Å². The Morgan fingerprint density at radius 1 is 1.06 bits per heavy atom. The summed E-state index contributed by atoms with van der Waals surface area (Å²) in [5, 5.41) is 0. The molecule has 0 bridgehead atoms. The number of nitrogens with two attached hydrogens (primary N) is 1. The van der Waals surface area contributed by atoms with Crippen molar-refractivity contribution in [2.75, 3.05) is 5.73 Å². The van der Waals surface area contributed by atoms with Crippen molar-refractivity contribution in [1.29, 1.82) is 0 Å². The Kier molecular flexibility index (Phi) is 2.87. The molecule has 2 nitrogen and oxygen atoms in total. The van der Waals surface area contributed by atoms with Crippen LogP contribution in [0.3, 0.4) is 0 Å². The van der Waals surface area contributed by atoms with Crippen LogP contribution < -0.4 is 5.73 Å². The minimum Gasteiger partial charge on any atom is -0.399 e. The molecule has 0 aliphatic rings. The third-order valence-electron chi connectivity index (χ3n) is 2.35. The summed E-state index contributed by atoms with van der Waals surface area (Å²) in [7, 11) is 0. The zero-order chi connectivity index (χ0) is 12.4. The summed E-state index contributed by atoms with van der Waals surface area (Å²) < 4.78 is 26.4. The maximum Gasteiger partial charge on any atom is 0.196 e. The van der Waals surface area contributed by atoms with Gasteiger partial charge in [0.05, 0.1) is 5.56 Å². The Labute approximate surface area is 96.7 Å². The zero-order valence-electron chi connectivity index (χ0n) is 8.78. The van der Waals surface area contributed by atoms with Gasteiger partial charge in [-0.2, -0.15) is 0 Å². The number of anilines is 1. The van der Waals surface area contributed by atoms with Crippen LogP contribution in [0.25, 0.3) is 0 Å². The molecular formula is C13H9F2NO. The largest absolute Gasteiger partial charge is 0.399 e. The number of halogens is 2. The van der Waals surface area contributed by atoms with Crippen molar-refractivity contribution in [2.45, 2.75) is 0 Å². The van der Waals surface area contributed by atoms with Crippen molar-refractivity contribution in [1.82, 2.24) is 0 Å². The van der Waals surface area contributed by atoms with Crippen LogP contribution >= 0.6 is 0 Å². The van der Waals surface area contributed by atoms with Gasteiger partial charge in [-0.25, -0.2) is 8.78 Å². The summed E-state index contributed by atoms with van der Waals surface area (Å²) in [5.74, 6) is -2.77. The first-order valence-electron chi connectivity index (χ1n) is 4.94. The standard InChI is InChI=1S/C13H9F2NO/c14-11-6-2-5-10(12(11)15)13(17)8-3-1-4-9(16)7-8/h1-7H,16H2. The second-order valence-corrected chi connectivity index (χ2v) is 3.56. The summed E-state index contributed by atoms with van der Waals surface area (Å²) in [5.41, 5.74) is 5.85. The van der Waals surface area contributed by atoms with E-state index in [-0.39, 0.29) is 11.1 Å². The smallest absolute Gasteiger partial charge is 0.196 e. The SMILES string of the molecule is Nc1cccc(C(=O)c2cccc(F)c2F)c1. The number of hydrogen-bond donors (Lipinski definition) is 1. The van der Waals surface area contributed by atoms with E-state index in [2.05, 4.69) is 0 Å². The lowest BCUT2D eigenvalue weighted by Crippen LogP contribution is -2.06. The van der Waals surface area contributed by atoms with E-state index in [1.54, 1.807) is 12.1 Å². The van der Waals surface area contributed by atoms with Crippen LogP contribution in [-0.4, -0.2) is 5.78 Å². The molecule has 2 rings (SSSR count). The molecule has 0 unspecified atom stereocenters. The number of carbonyl (C=O) groups is 1. The van der Waals surface area contributed by atoms with Crippen LogP contribution in [0, 0.1) is 11.6 Å². The van der Waals surface area contributed by atoms with Crippen LogP contribution in [0.4, 0.5) is 14.5 Å². The van der Waals surface area contributed by atoms with Gasteiger partial charge in [0.2, 0.25) is 0 Å². The number of ketones is 1. The molecule has 2 aromatic carbocycles. The number of benzene rings is 2. The van der Waals surface area contributed by atoms with E-state index in [0.717, 1.165) is 6.07 Å². The summed E-state index contributed by atoms with van der Waals surface area (Å²) in [6.07, 6.45) is 0. The Morgan fingerprint density at radius 3 is 2.47 bits per heavy atom. The van der Waals surface area contributed by atoms with Crippen molar-refractivity contribution in [3.63, 3.8) is 0 Å². The molecule has 2 N–H and O–H groups in total. The molecule has 0 heterocycles. The van der Waals surface area contributed by atoms with Crippen molar-refractivity contribution in [2.24, 2.45) is 0 Å². The summed E-state index contributed by atoms with van der Waals surface area (Å²) in [4.78, 5) is 11.9. The normalized spacial score (nSPS) is 10.2. The number of nitrogen functional groups attached to an aromatic ring is 1. The Hall–Kier alpha value is -2.23. The number of carbonyl (C=O) groups excluding carboxylic acids is 1. The van der Waals surface area contributed by atoms with Crippen LogP contribution in [-0.2, 0) is 0 Å². The highest BCUT2D eigenvalue weighted by molar-refractivity contribution is 6.09. The molecule has 0 aromatic heterocycles. The van der Waals surface area contributed by atoms with E-state index < -0.39 is 17.4 Å². The second-order valence-electron chi connectivity index (χ2n) is 3.56. The Bertz CT molecular complexity index is 581. The highest BCUT2D eigenvalue weighted by Crippen LogP contribution is 2.17. The predicted molar refractivity (Wildman–Crippen MR) is 60.6 cm³/mol. The van der Waals surface area contributed by atoms with Gasteiger partial charge in [0, 0.05) is 11.3 Å². The van der Waals surface area contributed by atoms with E-state index in [0.29, 0.717) is 5.69 Å². The fourth-order valence-corrected chi connectivity index (χ4v) is 1.51. The zero-order valence-corrected chi connectivity index (χ0v) is 8.78. The summed E-state index contributed by atoms with van der Waals surface area (Å²) >= 11 is 0. The number of rotatable bonds is 2. The average Bonchev–Trinajstić information content (AvgIpc) is 2.32. The van der Waals surface area contributed by atoms with E-state index >= 15 is 0 Å². The van der Waals surface area contributed by atoms with E-state index in [1.165, 1.54) is 24.3 Å². The molecule has 0 spiro atoms. The molecule has 0 atom stereocenters. The second kappa shape index (κ2) is 4.33. The Balaban J connectivity index is 2.48. The van der Waals surface area contributed by atoms with Gasteiger partial charge in [-0.3, -0.25) is 4.79 Å². The molecule has 86 valence electrons. The molecule has 4 heteroatoms. The topological polar surface area (TPSA) is 43.1 Å². The molecule has 0 saturated carbocycles. The third kappa shape index (κ3) is 2.15. The first-order valence-corrected chi connectivity index (χ1v) is 4.94. The average molecular weight is 233 g/mol.